The van der Waals surface area contributed by atoms with Gasteiger partial charge < -0.3 is 72.8 Å². The average molecular weight is 2060 g/mol. The molecule has 0 spiro atoms. The van der Waals surface area contributed by atoms with E-state index in [0.29, 0.717) is 13.7 Å². The Morgan fingerprint density at radius 1 is 0.413 bits per heavy atom. The minimum Gasteiger partial charge on any atom is -0.394 e. The fourth-order valence-electron chi connectivity index (χ4n) is 6.26. The number of benzene rings is 3. The molecule has 3 unspecified atom stereocenters. The molecule has 6 amide bonds. The molecule has 0 aliphatic heterocycles. The van der Waals surface area contributed by atoms with E-state index in [-0.39, 0.29) is 72.3 Å². The summed E-state index contributed by atoms with van der Waals surface area (Å²) < 4.78 is 0.271. The first kappa shape index (κ1) is 66.7. The van der Waals surface area contributed by atoms with Gasteiger partial charge in [0.2, 0.25) is 17.7 Å². The third kappa shape index (κ3) is 14.8. The van der Waals surface area contributed by atoms with Crippen LogP contribution in [-0.4, -0.2) is 161 Å². The fraction of sp³-hybridized carbons (Fsp3) is 0.325. The van der Waals surface area contributed by atoms with Crippen molar-refractivity contribution in [3.63, 3.8) is 0 Å². The Kier molecular flexibility index (Phi) is 26.4. The molecule has 3 aromatic carbocycles. The van der Waals surface area contributed by atoms with E-state index in [2.05, 4.69) is 31.9 Å². The Balaban J connectivity index is 2.52. The van der Waals surface area contributed by atoms with E-state index in [1.54, 1.807) is 203 Å². The van der Waals surface area contributed by atoms with Gasteiger partial charge in [0.25, 0.3) is 17.7 Å². The maximum atomic E-state index is 15.8. The van der Waals surface area contributed by atoms with E-state index in [0.717, 1.165) is 0 Å². The molecule has 14 N–H and O–H groups in total. The summed E-state index contributed by atoms with van der Waals surface area (Å²) in [6.45, 7) is -4.54. The molecule has 75 heavy (non-hydrogen) atoms. The van der Waals surface area contributed by atoms with Gasteiger partial charge in [-0.25, -0.2) is 28.1 Å². The van der Waals surface area contributed by atoms with Gasteiger partial charge in [-0.3, -0.25) is 28.8 Å². The van der Waals surface area contributed by atoms with Crippen LogP contribution in [0.2, 0.25) is 0 Å². The molecular weight excluding hydrogens is 2020 g/mol. The van der Waals surface area contributed by atoms with Crippen molar-refractivity contribution in [1.29, 1.82) is 0 Å². The number of hydrogen-bond donors (Lipinski definition) is 14. The summed E-state index contributed by atoms with van der Waals surface area (Å²) in [7, 11) is 0. The second kappa shape index (κ2) is 29.7. The molecule has 0 fully saturated rings. The Morgan fingerprint density at radius 3 is 0.867 bits per heavy atom. The molecule has 0 saturated heterocycles. The molecule has 4 rings (SSSR count). The molecule has 26 nitrogen and oxygen atoms in total. The van der Waals surface area contributed by atoms with Gasteiger partial charge in [0.15, 0.2) is 0 Å². The summed E-state index contributed by atoms with van der Waals surface area (Å²) >= 11 is 15.0. The second-order valence-electron chi connectivity index (χ2n) is 14.9. The number of carbonyl (C=O) groups is 6. The van der Waals surface area contributed by atoms with Crippen LogP contribution in [0.3, 0.4) is 0 Å². The van der Waals surface area contributed by atoms with Gasteiger partial charge in [-0.2, -0.15) is 0 Å². The largest absolute Gasteiger partial charge is 0.394 e. The lowest BCUT2D eigenvalue weighted by atomic mass is 10.1. The van der Waals surface area contributed by atoms with Crippen LogP contribution < -0.4 is 49.0 Å². The molecular formula is C40H38I9N9O17. The lowest BCUT2D eigenvalue weighted by molar-refractivity contribution is -0.119. The van der Waals surface area contributed by atoms with Crippen LogP contribution in [0.1, 0.15) is 44.4 Å². The van der Waals surface area contributed by atoms with E-state index in [9.17, 15) is 69.6 Å². The number of rotatable bonds is 21. The first-order valence-electron chi connectivity index (χ1n) is 20.7. The van der Waals surface area contributed by atoms with Crippen LogP contribution in [0.25, 0.3) is 17.1 Å². The Hall–Kier alpha value is -0.860. The van der Waals surface area contributed by atoms with Gasteiger partial charge in [0.05, 0.1) is 121 Å². The van der Waals surface area contributed by atoms with E-state index in [1.165, 1.54) is 6.92 Å². The van der Waals surface area contributed by atoms with E-state index in [4.69, 9.17) is 0 Å². The van der Waals surface area contributed by atoms with Crippen molar-refractivity contribution in [2.24, 2.45) is 0 Å². The summed E-state index contributed by atoms with van der Waals surface area (Å²) in [5, 5.41) is 93.5. The third-order valence-electron chi connectivity index (χ3n) is 9.91. The highest BCUT2D eigenvalue weighted by atomic mass is 127. The number of halogens is 9. The van der Waals surface area contributed by atoms with Crippen molar-refractivity contribution < 1.29 is 69.6 Å². The number of aliphatic hydroxyl groups is 8. The molecule has 0 bridgehead atoms. The molecule has 0 saturated carbocycles. The first-order chi connectivity index (χ1) is 35.2. The zero-order valence-corrected chi connectivity index (χ0v) is 57.0. The van der Waals surface area contributed by atoms with Crippen molar-refractivity contribution in [1.82, 2.24) is 29.7 Å². The molecule has 3 atom stereocenters. The van der Waals surface area contributed by atoms with Crippen LogP contribution in [0, 0.1) is 32.1 Å². The summed E-state index contributed by atoms with van der Waals surface area (Å²) in [6.07, 6.45) is -4.48. The van der Waals surface area contributed by atoms with Crippen LogP contribution in [-0.2, 0) is 14.4 Å². The number of anilines is 3. The Bertz CT molecular complexity index is 2820. The standard InChI is InChI=1S/C40H38I9N9O17/c1-2-14(67)53-29-20(41)17(35(70)50-3-11(64)6-59)23(44)32(26(29)47)56-38(73)57(33-24(45)18(36(71)51-4-12(65)7-60)21(42)30(27(33)48)54-15(68)9-62)40(75)58(39(56)74)34-25(46)19(37(72)52-5-13(66)8-61)22(43)31(28(34)49)55-16(69)10-63/h11-13,59-66H,2-10H2,1H3,(H,50,70)(H,51,71)(H,52,72)(H,53,67)(H,54,68)(H,55,69). The van der Waals surface area contributed by atoms with Crippen LogP contribution in [0.5, 0.6) is 0 Å². The van der Waals surface area contributed by atoms with Gasteiger partial charge in [-0.1, -0.05) is 6.92 Å². The van der Waals surface area contributed by atoms with Gasteiger partial charge in [-0.15, -0.1) is 0 Å². The van der Waals surface area contributed by atoms with Gasteiger partial charge in [0, 0.05) is 26.1 Å². The summed E-state index contributed by atoms with van der Waals surface area (Å²) in [5.41, 5.74) is -7.62. The summed E-state index contributed by atoms with van der Waals surface area (Å²) in [4.78, 5) is 129. The first-order valence-corrected chi connectivity index (χ1v) is 30.4. The number of amides is 6. The maximum absolute atomic E-state index is 15.8. The molecule has 1 aromatic heterocycles. The Morgan fingerprint density at radius 2 is 0.653 bits per heavy atom. The molecule has 4 aromatic rings. The zero-order valence-electron chi connectivity index (χ0n) is 37.6. The quantitative estimate of drug-likeness (QED) is 0.0490. The fourth-order valence-corrected chi connectivity index (χ4v) is 19.5. The normalized spacial score (nSPS) is 12.4. The van der Waals surface area contributed by atoms with Crippen LogP contribution in [0.15, 0.2) is 14.4 Å². The maximum Gasteiger partial charge on any atom is 0.345 e. The van der Waals surface area contributed by atoms with Gasteiger partial charge in [-0.05, 0) is 203 Å². The average Bonchev–Trinajstić information content (AvgIpc) is 3.37. The van der Waals surface area contributed by atoms with Gasteiger partial charge >= 0.3 is 17.1 Å². The highest BCUT2D eigenvalue weighted by molar-refractivity contribution is 14.1. The zero-order chi connectivity index (χ0) is 56.7. The van der Waals surface area contributed by atoms with Crippen LogP contribution >= 0.6 is 203 Å². The van der Waals surface area contributed by atoms with Crippen molar-refractivity contribution in [3.05, 3.63) is 80.3 Å². The SMILES string of the molecule is CCC(=O)Nc1c(I)c(C(=O)NCC(O)CO)c(I)c(-n2c(=O)n(-c3c(I)c(NC(=O)CO)c(I)c(C(=O)NCC(O)CO)c3I)c(=O)n(-c3c(I)c(NC(=O)CO)c(I)c(C(=O)NCC(O)CO)c3I)c2=O)c1I. The predicted octanol–water partition coefficient (Wildman–Crippen LogP) is 0.0398. The van der Waals surface area contributed by atoms with Crippen molar-refractivity contribution in [2.45, 2.75) is 31.7 Å². The minimum atomic E-state index is -1.54. The third-order valence-corrected chi connectivity index (χ3v) is 19.4. The van der Waals surface area contributed by atoms with E-state index in [1.807, 2.05) is 0 Å². The molecule has 35 heteroatoms. The monoisotopic (exact) mass is 2060 g/mol. The van der Waals surface area contributed by atoms with E-state index < -0.39 is 141 Å². The number of nitrogens with one attached hydrogen (secondary N) is 6. The molecule has 0 aliphatic carbocycles. The van der Waals surface area contributed by atoms with Crippen LogP contribution in [0.4, 0.5) is 17.1 Å². The number of carbonyl (C=O) groups excluding carboxylic acids is 6. The number of aromatic nitrogens is 3. The van der Waals surface area contributed by atoms with Gasteiger partial charge in [0.1, 0.15) is 13.2 Å². The molecule has 408 valence electrons. The topological polar surface area (TPSA) is 402 Å². The summed E-state index contributed by atoms with van der Waals surface area (Å²) in [5.74, 6) is -5.58. The number of hydrogen-bond acceptors (Lipinski definition) is 17. The minimum absolute atomic E-state index is 0.0300. The number of aliphatic hydroxyl groups excluding tert-OH is 8. The summed E-state index contributed by atoms with van der Waals surface area (Å²) in [6, 6.07) is 0. The lowest BCUT2D eigenvalue weighted by Crippen LogP contribution is -2.54. The predicted molar refractivity (Wildman–Crippen MR) is 344 cm³/mol. The molecule has 0 radical (unpaired) electrons. The molecule has 0 aliphatic rings. The van der Waals surface area contributed by atoms with Crippen molar-refractivity contribution >= 4 is 256 Å². The molecule has 1 heterocycles. The highest BCUT2D eigenvalue weighted by Crippen LogP contribution is 2.41. The van der Waals surface area contributed by atoms with Crippen molar-refractivity contribution in [2.75, 3.05) is 68.6 Å². The van der Waals surface area contributed by atoms with Crippen molar-refractivity contribution in [3.8, 4) is 17.1 Å². The van der Waals surface area contributed by atoms with E-state index >= 15 is 14.4 Å². The smallest absolute Gasteiger partial charge is 0.345 e. The second-order valence-corrected chi connectivity index (χ2v) is 24.6. The number of nitrogens with zero attached hydrogens (tertiary/aromatic N) is 3. The Labute approximate surface area is 544 Å². The lowest BCUT2D eigenvalue weighted by Gasteiger charge is -2.25. The highest BCUT2D eigenvalue weighted by Gasteiger charge is 2.36.